The molecule has 0 bridgehead atoms. The first-order valence-electron chi connectivity index (χ1n) is 22.5. The highest BCUT2D eigenvalue weighted by molar-refractivity contribution is 6.33. The molecular formula is C46H54ClF2N11O5. The number of carbonyl (C=O) groups is 2. The Morgan fingerprint density at radius 3 is 2.52 bits per heavy atom. The number of benzene rings is 2. The predicted octanol–water partition coefficient (Wildman–Crippen LogP) is 5.53. The van der Waals surface area contributed by atoms with E-state index in [1.165, 1.54) is 4.57 Å². The molecule has 4 N–H and O–H groups in total. The zero-order valence-electron chi connectivity index (χ0n) is 36.9. The van der Waals surface area contributed by atoms with Gasteiger partial charge in [0.05, 0.1) is 57.9 Å². The number of halogens is 3. The second kappa shape index (κ2) is 16.4. The van der Waals surface area contributed by atoms with E-state index in [1.807, 2.05) is 37.7 Å². The number of hydrogen-bond acceptors (Lipinski definition) is 13. The number of carbonyl (C=O) groups excluding carboxylic acids is 2. The third-order valence-corrected chi connectivity index (χ3v) is 14.4. The maximum atomic E-state index is 15.2. The molecule has 16 nitrogen and oxygen atoms in total. The van der Waals surface area contributed by atoms with Gasteiger partial charge >= 0.3 is 5.92 Å². The van der Waals surface area contributed by atoms with E-state index in [1.54, 1.807) is 31.4 Å². The van der Waals surface area contributed by atoms with Crippen molar-refractivity contribution in [2.75, 3.05) is 66.3 Å². The highest BCUT2D eigenvalue weighted by Gasteiger charge is 2.51. The Hall–Kier alpha value is -5.59. The summed E-state index contributed by atoms with van der Waals surface area (Å²) in [6.45, 7) is 7.13. The number of amides is 2. The summed E-state index contributed by atoms with van der Waals surface area (Å²) in [6.07, 6.45) is 5.58. The third kappa shape index (κ3) is 8.11. The molecule has 3 atom stereocenters. The summed E-state index contributed by atoms with van der Waals surface area (Å²) >= 11 is 6.69. The number of para-hydroxylation sites is 1. The number of hydrogen-bond donors (Lipinski definition) is 4. The van der Waals surface area contributed by atoms with Crippen molar-refractivity contribution in [3.05, 3.63) is 63.7 Å². The lowest BCUT2D eigenvalue weighted by molar-refractivity contribution is -0.134. The molecule has 0 radical (unpaired) electrons. The number of aryl methyl sites for hydroxylation is 2. The van der Waals surface area contributed by atoms with Gasteiger partial charge in [0, 0.05) is 76.2 Å². The highest BCUT2D eigenvalue weighted by atomic mass is 35.5. The number of nitrogens with zero attached hydrogens (tertiary/aromatic N) is 8. The number of aliphatic hydroxyl groups is 1. The average Bonchev–Trinajstić information content (AvgIpc) is 4.08. The molecule has 4 fully saturated rings. The number of pyridine rings is 1. The Morgan fingerprint density at radius 2 is 1.78 bits per heavy atom. The molecule has 19 heteroatoms. The lowest BCUT2D eigenvalue weighted by Gasteiger charge is -2.48. The molecular weight excluding hydrogens is 860 g/mol. The summed E-state index contributed by atoms with van der Waals surface area (Å²) in [5, 5.41) is 26.9. The van der Waals surface area contributed by atoms with E-state index in [0.29, 0.717) is 85.3 Å². The molecule has 5 aliphatic rings. The molecule has 65 heavy (non-hydrogen) atoms. The Morgan fingerprint density at radius 1 is 1.00 bits per heavy atom. The summed E-state index contributed by atoms with van der Waals surface area (Å²) in [5.74, 6) is -3.28. The van der Waals surface area contributed by atoms with Crippen molar-refractivity contribution in [2.45, 2.75) is 81.9 Å². The zero-order chi connectivity index (χ0) is 45.5. The van der Waals surface area contributed by atoms with Crippen LogP contribution >= 0.6 is 11.6 Å². The number of anilines is 5. The van der Waals surface area contributed by atoms with Crippen LogP contribution < -0.4 is 36.0 Å². The lowest BCUT2D eigenvalue weighted by atomic mass is 9.90. The van der Waals surface area contributed by atoms with Gasteiger partial charge in [-0.15, -0.1) is 0 Å². The van der Waals surface area contributed by atoms with Gasteiger partial charge in [-0.05, 0) is 82.1 Å². The smallest absolute Gasteiger partial charge is 0.301 e. The molecule has 2 amide bonds. The first kappa shape index (κ1) is 43.3. The van der Waals surface area contributed by atoms with E-state index in [2.05, 4.69) is 41.7 Å². The van der Waals surface area contributed by atoms with E-state index in [9.17, 15) is 19.5 Å². The van der Waals surface area contributed by atoms with Crippen molar-refractivity contribution in [3.8, 4) is 5.75 Å². The van der Waals surface area contributed by atoms with E-state index in [-0.39, 0.29) is 40.2 Å². The molecule has 3 saturated heterocycles. The van der Waals surface area contributed by atoms with Crippen LogP contribution in [0.15, 0.2) is 47.4 Å². The first-order valence-corrected chi connectivity index (χ1v) is 22.9. The van der Waals surface area contributed by atoms with Gasteiger partial charge in [0.15, 0.2) is 12.4 Å². The van der Waals surface area contributed by atoms with Gasteiger partial charge in [-0.1, -0.05) is 23.7 Å². The topological polar surface area (TPSA) is 175 Å². The van der Waals surface area contributed by atoms with Crippen molar-refractivity contribution >= 4 is 74.0 Å². The Bertz CT molecular complexity index is 2760. The number of piperidine rings is 2. The monoisotopic (exact) mass is 913 g/mol. The minimum atomic E-state index is -3.15. The highest BCUT2D eigenvalue weighted by Crippen LogP contribution is 2.46. The number of rotatable bonds is 9. The molecule has 1 unspecified atom stereocenters. The Kier molecular flexibility index (Phi) is 10.9. The number of alkyl halides is 2. The second-order valence-corrected chi connectivity index (χ2v) is 19.4. The minimum Gasteiger partial charge on any atom is -0.480 e. The summed E-state index contributed by atoms with van der Waals surface area (Å²) in [7, 11) is 3.50. The van der Waals surface area contributed by atoms with Crippen LogP contribution in [0.25, 0.3) is 21.8 Å². The summed E-state index contributed by atoms with van der Waals surface area (Å²) in [6, 6.07) is 10.1. The van der Waals surface area contributed by atoms with Gasteiger partial charge in [0.25, 0.3) is 5.56 Å². The van der Waals surface area contributed by atoms with Crippen molar-refractivity contribution in [1.29, 1.82) is 0 Å². The van der Waals surface area contributed by atoms with Crippen LogP contribution in [0.2, 0.25) is 5.02 Å². The fraction of sp³-hybridized carbons (Fsp3) is 0.522. The quantitative estimate of drug-likeness (QED) is 0.136. The molecule has 1 saturated carbocycles. The van der Waals surface area contributed by atoms with E-state index in [0.717, 1.165) is 49.1 Å². The SMILES string of the molecule is Cn1nc(C2CCC(=O)NC2=O)c2cccc(N3CCC(CN4CCN(c5ncc(Cl)c(Nc6ccc7c(c6)c6c(c(=O)n7C)OCC(F)(F)[C@H](C7CC7)N6)n5)C[C@H]4C(C)(C)O)CC3)c21. The Labute approximate surface area is 379 Å². The molecule has 4 aliphatic heterocycles. The second-order valence-electron chi connectivity index (χ2n) is 19.0. The van der Waals surface area contributed by atoms with Crippen molar-refractivity contribution in [2.24, 2.45) is 25.9 Å². The number of ether oxygens (including phenoxy) is 1. The van der Waals surface area contributed by atoms with Crippen molar-refractivity contribution in [3.63, 3.8) is 0 Å². The molecule has 344 valence electrons. The number of nitrogens with one attached hydrogen (secondary N) is 3. The van der Waals surface area contributed by atoms with Crippen LogP contribution in [0.3, 0.4) is 0 Å². The fourth-order valence-corrected chi connectivity index (χ4v) is 10.5. The van der Waals surface area contributed by atoms with Crippen molar-refractivity contribution in [1.82, 2.24) is 34.5 Å². The van der Waals surface area contributed by atoms with Crippen LogP contribution in [-0.4, -0.2) is 116 Å². The standard InChI is InChI=1S/C46H54ClF2N11O5/c1-45(2,64)34-23-60(19-18-59(34)22-25-14-16-58(17-15-25)33-7-5-6-28-36(55-57(4)38(28)33)29-11-13-35(61)52-42(29)62)44-50-21-31(47)41(54-44)51-27-10-12-32-30(20-27)37-39(43(63)56(32)3)65-24-46(48,49)40(53-37)26-8-9-26/h5-7,10,12,20-21,25-26,29,34,40,53,64H,8-9,11,13-19,22-24H2,1-4H3,(H,50,51,54)(H,52,61,62)/t29?,34-,40-/m0/s1. The van der Waals surface area contributed by atoms with Gasteiger partial charge in [-0.3, -0.25) is 29.3 Å². The molecule has 7 heterocycles. The number of imide groups is 1. The van der Waals surface area contributed by atoms with Crippen molar-refractivity contribution < 1.29 is 28.2 Å². The average molecular weight is 914 g/mol. The van der Waals surface area contributed by atoms with Gasteiger partial charge in [0.2, 0.25) is 23.5 Å². The van der Waals surface area contributed by atoms with Crippen LogP contribution in [0, 0.1) is 11.8 Å². The number of fused-ring (bicyclic) bond motifs is 4. The number of piperazine rings is 1. The maximum Gasteiger partial charge on any atom is 0.301 e. The maximum absolute atomic E-state index is 15.2. The molecule has 2 aromatic carbocycles. The third-order valence-electron chi connectivity index (χ3n) is 14.1. The van der Waals surface area contributed by atoms with E-state index >= 15 is 8.78 Å². The van der Waals surface area contributed by atoms with Crippen LogP contribution in [0.4, 0.5) is 37.6 Å². The molecule has 10 rings (SSSR count). The normalized spacial score (nSPS) is 23.2. The fourth-order valence-electron chi connectivity index (χ4n) is 10.4. The molecule has 0 spiro atoms. The van der Waals surface area contributed by atoms with Gasteiger partial charge in [-0.25, -0.2) is 13.8 Å². The first-order chi connectivity index (χ1) is 31.0. The summed E-state index contributed by atoms with van der Waals surface area (Å²) < 4.78 is 39.3. The van der Waals surface area contributed by atoms with Crippen LogP contribution in [0.5, 0.6) is 5.75 Å². The van der Waals surface area contributed by atoms with E-state index < -0.39 is 35.6 Å². The minimum absolute atomic E-state index is 0.129. The predicted molar refractivity (Wildman–Crippen MR) is 245 cm³/mol. The molecule has 1 aliphatic carbocycles. The van der Waals surface area contributed by atoms with Crippen LogP contribution in [0.1, 0.15) is 64.0 Å². The summed E-state index contributed by atoms with van der Waals surface area (Å²) in [5.41, 5.74) is 2.62. The molecule has 5 aromatic rings. The number of aromatic nitrogens is 5. The van der Waals surface area contributed by atoms with Gasteiger partial charge in [-0.2, -0.15) is 10.1 Å². The Balaban J connectivity index is 0.826. The zero-order valence-corrected chi connectivity index (χ0v) is 37.7. The van der Waals surface area contributed by atoms with E-state index in [4.69, 9.17) is 26.4 Å². The lowest BCUT2D eigenvalue weighted by Crippen LogP contribution is -2.62. The van der Waals surface area contributed by atoms with Gasteiger partial charge in [0.1, 0.15) is 5.02 Å². The summed E-state index contributed by atoms with van der Waals surface area (Å²) in [4.78, 5) is 54.3. The molecule has 3 aromatic heterocycles. The largest absolute Gasteiger partial charge is 0.480 e. The van der Waals surface area contributed by atoms with Crippen LogP contribution in [-0.2, 0) is 23.7 Å². The van der Waals surface area contributed by atoms with Gasteiger partial charge < -0.3 is 34.8 Å².